The Labute approximate surface area is 121 Å². The summed E-state index contributed by atoms with van der Waals surface area (Å²) in [5, 5.41) is 1.22. The minimum absolute atomic E-state index is 1.11. The van der Waals surface area contributed by atoms with Crippen molar-refractivity contribution in [1.29, 1.82) is 0 Å². The molecule has 20 heavy (non-hydrogen) atoms. The first kappa shape index (κ1) is 14.1. The van der Waals surface area contributed by atoms with E-state index in [9.17, 15) is 0 Å². The fraction of sp³-hybridized carbons (Fsp3) is 0.158. The maximum atomic E-state index is 3.92. The summed E-state index contributed by atoms with van der Waals surface area (Å²) in [6.45, 7) is 11.9. The third kappa shape index (κ3) is 2.16. The van der Waals surface area contributed by atoms with Gasteiger partial charge in [0.1, 0.15) is 0 Å². The zero-order chi connectivity index (χ0) is 14.7. The minimum Gasteiger partial charge on any atom is -0.344 e. The molecular formula is C19H21N. The quantitative estimate of drug-likeness (QED) is 0.647. The van der Waals surface area contributed by atoms with Crippen molar-refractivity contribution in [3.63, 3.8) is 0 Å². The van der Waals surface area contributed by atoms with E-state index in [1.165, 1.54) is 22.0 Å². The highest BCUT2D eigenvalue weighted by Crippen LogP contribution is 2.30. The number of allylic oxidation sites excluding steroid dienone is 4. The van der Waals surface area contributed by atoms with Crippen molar-refractivity contribution in [3.8, 4) is 0 Å². The van der Waals surface area contributed by atoms with Gasteiger partial charge in [-0.3, -0.25) is 0 Å². The maximum absolute atomic E-state index is 3.92. The summed E-state index contributed by atoms with van der Waals surface area (Å²) in [6.07, 6.45) is 10.1. The third-order valence-electron chi connectivity index (χ3n) is 3.67. The minimum atomic E-state index is 1.11. The van der Waals surface area contributed by atoms with Crippen LogP contribution in [0, 0.1) is 0 Å². The van der Waals surface area contributed by atoms with Crippen molar-refractivity contribution in [2.45, 2.75) is 13.8 Å². The van der Waals surface area contributed by atoms with Crippen LogP contribution >= 0.6 is 0 Å². The van der Waals surface area contributed by atoms with E-state index in [-0.39, 0.29) is 0 Å². The van der Waals surface area contributed by atoms with Gasteiger partial charge in [0.15, 0.2) is 0 Å². The van der Waals surface area contributed by atoms with Gasteiger partial charge in [-0.05, 0) is 37.1 Å². The molecule has 2 aromatic rings. The molecule has 0 aliphatic heterocycles. The molecule has 2 rings (SSSR count). The van der Waals surface area contributed by atoms with Gasteiger partial charge in [-0.1, -0.05) is 49.6 Å². The van der Waals surface area contributed by atoms with Gasteiger partial charge in [0.2, 0.25) is 0 Å². The van der Waals surface area contributed by atoms with Crippen LogP contribution in [-0.4, -0.2) is 4.57 Å². The molecule has 0 spiro atoms. The average Bonchev–Trinajstić information content (AvgIpc) is 2.76. The lowest BCUT2D eigenvalue weighted by molar-refractivity contribution is 0.953. The van der Waals surface area contributed by atoms with Crippen LogP contribution in [0.25, 0.3) is 28.6 Å². The van der Waals surface area contributed by atoms with Crippen LogP contribution in [0.3, 0.4) is 0 Å². The molecule has 0 unspecified atom stereocenters. The van der Waals surface area contributed by atoms with Crippen molar-refractivity contribution in [1.82, 2.24) is 4.57 Å². The average molecular weight is 263 g/mol. The van der Waals surface area contributed by atoms with Crippen molar-refractivity contribution in [3.05, 3.63) is 66.4 Å². The molecule has 0 aliphatic carbocycles. The van der Waals surface area contributed by atoms with E-state index in [1.807, 2.05) is 19.1 Å². The zero-order valence-electron chi connectivity index (χ0n) is 12.5. The zero-order valence-corrected chi connectivity index (χ0v) is 12.5. The fourth-order valence-corrected chi connectivity index (χ4v) is 2.66. The van der Waals surface area contributed by atoms with Gasteiger partial charge in [-0.2, -0.15) is 0 Å². The van der Waals surface area contributed by atoms with Crippen LogP contribution in [0.4, 0.5) is 0 Å². The van der Waals surface area contributed by atoms with Crippen molar-refractivity contribution in [2.75, 3.05) is 0 Å². The second-order valence-corrected chi connectivity index (χ2v) is 4.74. The highest BCUT2D eigenvalue weighted by atomic mass is 14.9. The predicted molar refractivity (Wildman–Crippen MR) is 91.6 cm³/mol. The van der Waals surface area contributed by atoms with Crippen LogP contribution < -0.4 is 0 Å². The Kier molecular flexibility index (Phi) is 4.09. The van der Waals surface area contributed by atoms with E-state index >= 15 is 0 Å². The Morgan fingerprint density at radius 3 is 2.45 bits per heavy atom. The largest absolute Gasteiger partial charge is 0.344 e. The fourth-order valence-electron chi connectivity index (χ4n) is 2.66. The molecule has 1 heterocycles. The lowest BCUT2D eigenvalue weighted by Gasteiger charge is -2.04. The normalized spacial score (nSPS) is 12.2. The number of benzene rings is 1. The van der Waals surface area contributed by atoms with E-state index in [2.05, 4.69) is 68.1 Å². The van der Waals surface area contributed by atoms with Gasteiger partial charge in [-0.25, -0.2) is 0 Å². The molecule has 0 N–H and O–H groups in total. The summed E-state index contributed by atoms with van der Waals surface area (Å²) in [7, 11) is 2.07. The number of aryl methyl sites for hydroxylation is 1. The lowest BCUT2D eigenvalue weighted by atomic mass is 10.0. The number of aromatic nitrogens is 1. The van der Waals surface area contributed by atoms with Gasteiger partial charge in [0.05, 0.1) is 0 Å². The van der Waals surface area contributed by atoms with Crippen LogP contribution in [-0.2, 0) is 7.05 Å². The van der Waals surface area contributed by atoms with E-state index in [1.54, 1.807) is 0 Å². The van der Waals surface area contributed by atoms with Crippen LogP contribution in [0.15, 0.2) is 49.6 Å². The van der Waals surface area contributed by atoms with E-state index < -0.39 is 0 Å². The van der Waals surface area contributed by atoms with E-state index in [0.717, 1.165) is 11.3 Å². The number of fused-ring (bicyclic) bond motifs is 1. The molecule has 0 radical (unpaired) electrons. The van der Waals surface area contributed by atoms with Crippen LogP contribution in [0.1, 0.15) is 30.7 Å². The topological polar surface area (TPSA) is 4.93 Å². The third-order valence-corrected chi connectivity index (χ3v) is 3.67. The molecule has 1 aromatic carbocycles. The molecule has 0 bridgehead atoms. The molecule has 0 saturated carbocycles. The summed E-state index contributed by atoms with van der Waals surface area (Å²) in [6, 6.07) is 6.56. The molecule has 102 valence electrons. The van der Waals surface area contributed by atoms with Crippen molar-refractivity contribution >= 4 is 28.6 Å². The van der Waals surface area contributed by atoms with Gasteiger partial charge >= 0.3 is 0 Å². The predicted octanol–water partition coefficient (Wildman–Crippen LogP) is 5.44. The maximum Gasteiger partial charge on any atom is 0.0494 e. The van der Waals surface area contributed by atoms with Crippen LogP contribution in [0.5, 0.6) is 0 Å². The Morgan fingerprint density at radius 1 is 1.15 bits per heavy atom. The molecule has 1 aromatic heterocycles. The number of rotatable bonds is 4. The first-order valence-corrected chi connectivity index (χ1v) is 6.84. The highest BCUT2D eigenvalue weighted by Gasteiger charge is 2.11. The second-order valence-electron chi connectivity index (χ2n) is 4.74. The first-order chi connectivity index (χ1) is 9.67. The molecule has 0 fully saturated rings. The second kappa shape index (κ2) is 5.79. The molecule has 1 heteroatoms. The standard InChI is InChI=1S/C19H21N/c1-6-10-14(7-2)15-11-12-17-16(8-3)18(9-4)20(5)19(17)13-15/h6-13H,3-4H2,1-2,5H3/b10-6-,14-7+. The molecule has 1 nitrogen and oxygen atoms in total. The summed E-state index contributed by atoms with van der Waals surface area (Å²) < 4.78 is 2.17. The van der Waals surface area contributed by atoms with Gasteiger partial charge in [0, 0.05) is 29.2 Å². The molecule has 0 saturated heterocycles. The molecule has 0 amide bonds. The van der Waals surface area contributed by atoms with Gasteiger partial charge in [-0.15, -0.1) is 0 Å². The van der Waals surface area contributed by atoms with Gasteiger partial charge < -0.3 is 4.57 Å². The summed E-state index contributed by atoms with van der Waals surface area (Å²) in [5.74, 6) is 0. The summed E-state index contributed by atoms with van der Waals surface area (Å²) >= 11 is 0. The lowest BCUT2D eigenvalue weighted by Crippen LogP contribution is -1.91. The Hall–Kier alpha value is -2.28. The molecular weight excluding hydrogens is 242 g/mol. The van der Waals surface area contributed by atoms with Crippen molar-refractivity contribution < 1.29 is 0 Å². The molecule has 0 atom stereocenters. The van der Waals surface area contributed by atoms with Gasteiger partial charge in [0.25, 0.3) is 0 Å². The Balaban J connectivity index is 2.75. The monoisotopic (exact) mass is 263 g/mol. The highest BCUT2D eigenvalue weighted by molar-refractivity contribution is 5.95. The number of hydrogen-bond donors (Lipinski definition) is 0. The number of nitrogens with zero attached hydrogens (tertiary/aromatic N) is 1. The molecule has 0 aliphatic rings. The SMILES string of the molecule is C=Cc1c(C=C)n(C)c2cc(C(/C=C\C)=C/C)ccc12. The summed E-state index contributed by atoms with van der Waals surface area (Å²) in [5.41, 5.74) is 5.93. The van der Waals surface area contributed by atoms with E-state index in [4.69, 9.17) is 0 Å². The number of hydrogen-bond acceptors (Lipinski definition) is 0. The van der Waals surface area contributed by atoms with Crippen LogP contribution in [0.2, 0.25) is 0 Å². The summed E-state index contributed by atoms with van der Waals surface area (Å²) in [4.78, 5) is 0. The van der Waals surface area contributed by atoms with E-state index in [0.29, 0.717) is 0 Å². The smallest absolute Gasteiger partial charge is 0.0494 e. The Morgan fingerprint density at radius 2 is 1.90 bits per heavy atom. The Bertz CT molecular complexity index is 724. The first-order valence-electron chi connectivity index (χ1n) is 6.84. The van der Waals surface area contributed by atoms with Crippen molar-refractivity contribution in [2.24, 2.45) is 7.05 Å².